The number of likely N-dealkylation sites (tertiary alicyclic amines) is 1. The first-order valence-electron chi connectivity index (χ1n) is 7.63. The number of carbonyl (C=O) groups is 1. The van der Waals surface area contributed by atoms with Gasteiger partial charge < -0.3 is 15.5 Å². The van der Waals surface area contributed by atoms with Crippen LogP contribution in [0.3, 0.4) is 0 Å². The Balaban J connectivity index is 2.31. The van der Waals surface area contributed by atoms with E-state index in [0.29, 0.717) is 18.4 Å². The van der Waals surface area contributed by atoms with E-state index in [1.54, 1.807) is 7.05 Å². The highest BCUT2D eigenvalue weighted by Crippen LogP contribution is 2.28. The lowest BCUT2D eigenvalue weighted by molar-refractivity contribution is -0.121. The topological polar surface area (TPSA) is 56.7 Å². The van der Waals surface area contributed by atoms with Gasteiger partial charge in [-0.25, -0.2) is 0 Å². The number of amides is 1. The summed E-state index contributed by atoms with van der Waals surface area (Å²) in [5.41, 5.74) is 0.353. The molecular weight excluding hydrogens is 252 g/mol. The molecular formula is C15H30N4O. The van der Waals surface area contributed by atoms with Gasteiger partial charge in [0.2, 0.25) is 5.91 Å². The summed E-state index contributed by atoms with van der Waals surface area (Å²) in [6, 6.07) is 0.251. The van der Waals surface area contributed by atoms with Gasteiger partial charge in [0.15, 0.2) is 5.96 Å². The zero-order valence-electron chi connectivity index (χ0n) is 13.6. The minimum Gasteiger partial charge on any atom is -0.356 e. The van der Waals surface area contributed by atoms with Gasteiger partial charge in [0.05, 0.1) is 0 Å². The number of carbonyl (C=O) groups excluding carboxylic acids is 1. The first kappa shape index (κ1) is 16.8. The zero-order valence-corrected chi connectivity index (χ0v) is 13.6. The largest absolute Gasteiger partial charge is 0.356 e. The van der Waals surface area contributed by atoms with Gasteiger partial charge in [-0.2, -0.15) is 0 Å². The van der Waals surface area contributed by atoms with Gasteiger partial charge in [0.25, 0.3) is 0 Å². The van der Waals surface area contributed by atoms with E-state index in [-0.39, 0.29) is 11.9 Å². The van der Waals surface area contributed by atoms with E-state index in [4.69, 9.17) is 0 Å². The molecule has 116 valence electrons. The third kappa shape index (κ3) is 5.39. The molecule has 1 unspecified atom stereocenters. The van der Waals surface area contributed by atoms with Gasteiger partial charge in [-0.05, 0) is 25.2 Å². The minimum absolute atomic E-state index is 0.101. The lowest BCUT2D eigenvalue weighted by Gasteiger charge is -2.23. The number of rotatable bonds is 5. The smallest absolute Gasteiger partial charge is 0.221 e. The average molecular weight is 282 g/mol. The molecule has 1 atom stereocenters. The van der Waals surface area contributed by atoms with Crippen LogP contribution in [0.2, 0.25) is 0 Å². The van der Waals surface area contributed by atoms with Crippen molar-refractivity contribution in [3.8, 4) is 0 Å². The number of hydrogen-bond donors (Lipinski definition) is 2. The molecule has 0 aromatic heterocycles. The maximum Gasteiger partial charge on any atom is 0.221 e. The summed E-state index contributed by atoms with van der Waals surface area (Å²) in [7, 11) is 1.80. The number of guanidine groups is 1. The Morgan fingerprint density at radius 1 is 1.45 bits per heavy atom. The Bertz CT molecular complexity index is 352. The Morgan fingerprint density at radius 3 is 2.65 bits per heavy atom. The summed E-state index contributed by atoms with van der Waals surface area (Å²) in [5, 5.41) is 6.26. The maximum atomic E-state index is 11.7. The molecule has 0 radical (unpaired) electrons. The molecule has 5 heteroatoms. The van der Waals surface area contributed by atoms with E-state index in [9.17, 15) is 4.79 Å². The summed E-state index contributed by atoms with van der Waals surface area (Å²) in [6.07, 6.45) is 2.63. The van der Waals surface area contributed by atoms with Gasteiger partial charge in [0, 0.05) is 39.1 Å². The zero-order chi connectivity index (χ0) is 15.2. The van der Waals surface area contributed by atoms with Crippen molar-refractivity contribution < 1.29 is 4.79 Å². The standard InChI is InChI=1S/C15H30N4O/c1-6-12(2)18-13(20)7-9-17-14(16-5)19-10-8-15(3,4)11-19/h12H,6-11H2,1-5H3,(H,16,17)(H,18,20). The third-order valence-corrected chi connectivity index (χ3v) is 3.84. The van der Waals surface area contributed by atoms with Crippen LogP contribution in [0.25, 0.3) is 0 Å². The summed E-state index contributed by atoms with van der Waals surface area (Å²) in [4.78, 5) is 18.3. The van der Waals surface area contributed by atoms with Crippen molar-refractivity contribution in [3.05, 3.63) is 0 Å². The minimum atomic E-state index is 0.101. The van der Waals surface area contributed by atoms with Crippen LogP contribution in [0, 0.1) is 5.41 Å². The lowest BCUT2D eigenvalue weighted by Crippen LogP contribution is -2.42. The molecule has 0 bridgehead atoms. The van der Waals surface area contributed by atoms with Crippen molar-refractivity contribution >= 4 is 11.9 Å². The van der Waals surface area contributed by atoms with Gasteiger partial charge in [-0.1, -0.05) is 20.8 Å². The SMILES string of the molecule is CCC(C)NC(=O)CCNC(=NC)N1CCC(C)(C)C1. The summed E-state index contributed by atoms with van der Waals surface area (Å²) < 4.78 is 0. The van der Waals surface area contributed by atoms with E-state index >= 15 is 0 Å². The fourth-order valence-electron chi connectivity index (χ4n) is 2.36. The molecule has 0 aromatic rings. The lowest BCUT2D eigenvalue weighted by atomic mass is 9.93. The second-order valence-corrected chi connectivity index (χ2v) is 6.44. The second-order valence-electron chi connectivity index (χ2n) is 6.44. The molecule has 1 fully saturated rings. The van der Waals surface area contributed by atoms with Crippen LogP contribution in [0.5, 0.6) is 0 Å². The highest BCUT2D eigenvalue weighted by atomic mass is 16.1. The van der Waals surface area contributed by atoms with E-state index in [2.05, 4.69) is 41.3 Å². The van der Waals surface area contributed by atoms with E-state index in [0.717, 1.165) is 25.5 Å². The molecule has 1 amide bonds. The van der Waals surface area contributed by atoms with Crippen LogP contribution in [0.15, 0.2) is 4.99 Å². The molecule has 1 aliphatic rings. The van der Waals surface area contributed by atoms with E-state index < -0.39 is 0 Å². The molecule has 20 heavy (non-hydrogen) atoms. The van der Waals surface area contributed by atoms with Crippen molar-refractivity contribution in [1.29, 1.82) is 0 Å². The van der Waals surface area contributed by atoms with Crippen molar-refractivity contribution in [2.45, 2.75) is 53.0 Å². The Morgan fingerprint density at radius 2 is 2.15 bits per heavy atom. The quantitative estimate of drug-likeness (QED) is 0.595. The fraction of sp³-hybridized carbons (Fsp3) is 0.867. The molecule has 0 saturated carbocycles. The first-order valence-corrected chi connectivity index (χ1v) is 7.63. The van der Waals surface area contributed by atoms with Crippen molar-refractivity contribution in [1.82, 2.24) is 15.5 Å². The first-order chi connectivity index (χ1) is 9.38. The molecule has 5 nitrogen and oxygen atoms in total. The molecule has 0 aliphatic carbocycles. The average Bonchev–Trinajstić information content (AvgIpc) is 2.74. The summed E-state index contributed by atoms with van der Waals surface area (Å²) in [6.45, 7) is 11.3. The molecule has 2 N–H and O–H groups in total. The molecule has 1 aliphatic heterocycles. The highest BCUT2D eigenvalue weighted by molar-refractivity contribution is 5.81. The maximum absolute atomic E-state index is 11.7. The highest BCUT2D eigenvalue weighted by Gasteiger charge is 2.30. The normalized spacial score (nSPS) is 19.9. The predicted octanol–water partition coefficient (Wildman–Crippen LogP) is 1.60. The molecule has 1 rings (SSSR count). The van der Waals surface area contributed by atoms with Gasteiger partial charge in [-0.15, -0.1) is 0 Å². The van der Waals surface area contributed by atoms with Crippen LogP contribution in [-0.4, -0.2) is 49.5 Å². The monoisotopic (exact) mass is 282 g/mol. The van der Waals surface area contributed by atoms with E-state index in [1.807, 2.05) is 6.92 Å². The predicted molar refractivity (Wildman–Crippen MR) is 83.8 cm³/mol. The van der Waals surface area contributed by atoms with Crippen LogP contribution < -0.4 is 10.6 Å². The van der Waals surface area contributed by atoms with Crippen LogP contribution in [-0.2, 0) is 4.79 Å². The number of nitrogens with zero attached hydrogens (tertiary/aromatic N) is 2. The van der Waals surface area contributed by atoms with Crippen LogP contribution in [0.4, 0.5) is 0 Å². The van der Waals surface area contributed by atoms with Crippen LogP contribution in [0.1, 0.15) is 47.0 Å². The molecule has 0 aromatic carbocycles. The molecule has 0 spiro atoms. The third-order valence-electron chi connectivity index (χ3n) is 3.84. The molecule has 1 saturated heterocycles. The van der Waals surface area contributed by atoms with Crippen LogP contribution >= 0.6 is 0 Å². The second kappa shape index (κ2) is 7.50. The van der Waals surface area contributed by atoms with Crippen molar-refractivity contribution in [2.24, 2.45) is 10.4 Å². The molecule has 1 heterocycles. The Kier molecular flexibility index (Phi) is 6.30. The summed E-state index contributed by atoms with van der Waals surface area (Å²) >= 11 is 0. The number of aliphatic imine (C=N–C) groups is 1. The van der Waals surface area contributed by atoms with Gasteiger partial charge in [-0.3, -0.25) is 9.79 Å². The summed E-state index contributed by atoms with van der Waals surface area (Å²) in [5.74, 6) is 1.01. The van der Waals surface area contributed by atoms with Crippen molar-refractivity contribution in [2.75, 3.05) is 26.7 Å². The van der Waals surface area contributed by atoms with Crippen molar-refractivity contribution in [3.63, 3.8) is 0 Å². The Labute approximate surface area is 123 Å². The van der Waals surface area contributed by atoms with Gasteiger partial charge in [0.1, 0.15) is 0 Å². The number of nitrogens with one attached hydrogen (secondary N) is 2. The van der Waals surface area contributed by atoms with Gasteiger partial charge >= 0.3 is 0 Å². The van der Waals surface area contributed by atoms with E-state index in [1.165, 1.54) is 6.42 Å². The Hall–Kier alpha value is -1.26. The number of hydrogen-bond acceptors (Lipinski definition) is 2. The fourth-order valence-corrected chi connectivity index (χ4v) is 2.36.